The normalized spacial score (nSPS) is 11.6. The van der Waals surface area contributed by atoms with Crippen LogP contribution in [-0.4, -0.2) is 30.4 Å². The molecular formula is C17H21N3O2S. The summed E-state index contributed by atoms with van der Waals surface area (Å²) in [5, 5.41) is 7.41. The van der Waals surface area contributed by atoms with Crippen molar-refractivity contribution in [2.24, 2.45) is 0 Å². The monoisotopic (exact) mass is 331 g/mol. The summed E-state index contributed by atoms with van der Waals surface area (Å²) in [6.45, 7) is 2.30. The van der Waals surface area contributed by atoms with Gasteiger partial charge in [-0.1, -0.05) is 24.3 Å². The highest BCUT2D eigenvalue weighted by atomic mass is 32.1. The number of thiophene rings is 1. The second-order valence-electron chi connectivity index (χ2n) is 5.19. The first-order valence-corrected chi connectivity index (χ1v) is 8.35. The van der Waals surface area contributed by atoms with Crippen molar-refractivity contribution in [3.05, 3.63) is 52.7 Å². The maximum Gasteiger partial charge on any atom is 0.319 e. The van der Waals surface area contributed by atoms with E-state index in [2.05, 4.69) is 10.6 Å². The molecule has 0 unspecified atom stereocenters. The lowest BCUT2D eigenvalue weighted by Gasteiger charge is -2.24. The van der Waals surface area contributed by atoms with Gasteiger partial charge in [-0.05, 0) is 30.5 Å². The maximum atomic E-state index is 12.2. The molecule has 1 aromatic heterocycles. The molecular weight excluding hydrogens is 310 g/mol. The number of nitrogens with one attached hydrogen (secondary N) is 2. The lowest BCUT2D eigenvalue weighted by Crippen LogP contribution is -2.35. The van der Waals surface area contributed by atoms with Crippen molar-refractivity contribution >= 4 is 29.0 Å². The Morgan fingerprint density at radius 2 is 1.91 bits per heavy atom. The topological polar surface area (TPSA) is 61.4 Å². The number of nitrogens with zero attached hydrogens (tertiary/aromatic N) is 1. The molecule has 1 heterocycles. The first-order valence-electron chi connectivity index (χ1n) is 7.47. The number of benzene rings is 1. The van der Waals surface area contributed by atoms with Gasteiger partial charge in [-0.15, -0.1) is 11.3 Å². The van der Waals surface area contributed by atoms with E-state index < -0.39 is 0 Å². The molecule has 0 fully saturated rings. The standard InChI is InChI=1S/C17H21N3O2S/c1-13(15-9-6-12-23-15)20(2)16(21)10-11-18-17(22)19-14-7-4-3-5-8-14/h3-9,12-13H,10-11H2,1-2H3,(H2,18,19,22)/t13-/m1/s1. The number of para-hydroxylation sites is 1. The van der Waals surface area contributed by atoms with Crippen LogP contribution in [0.3, 0.4) is 0 Å². The Balaban J connectivity index is 1.73. The SMILES string of the molecule is C[C@H](c1cccs1)N(C)C(=O)CCNC(=O)Nc1ccccc1. The van der Waals surface area contributed by atoms with Gasteiger partial charge < -0.3 is 15.5 Å². The minimum atomic E-state index is -0.307. The van der Waals surface area contributed by atoms with E-state index in [1.165, 1.54) is 0 Å². The molecule has 3 amide bonds. The molecule has 5 nitrogen and oxygen atoms in total. The van der Waals surface area contributed by atoms with E-state index in [0.717, 1.165) is 10.6 Å². The predicted molar refractivity (Wildman–Crippen MR) is 93.6 cm³/mol. The minimum Gasteiger partial charge on any atom is -0.338 e. The third-order valence-corrected chi connectivity index (χ3v) is 4.63. The van der Waals surface area contributed by atoms with Crippen LogP contribution in [0.4, 0.5) is 10.5 Å². The molecule has 23 heavy (non-hydrogen) atoms. The van der Waals surface area contributed by atoms with Crippen molar-refractivity contribution in [1.29, 1.82) is 0 Å². The summed E-state index contributed by atoms with van der Waals surface area (Å²) in [5.41, 5.74) is 0.722. The van der Waals surface area contributed by atoms with Crippen molar-refractivity contribution < 1.29 is 9.59 Å². The van der Waals surface area contributed by atoms with E-state index in [1.807, 2.05) is 42.6 Å². The van der Waals surface area contributed by atoms with Gasteiger partial charge in [0.1, 0.15) is 0 Å². The lowest BCUT2D eigenvalue weighted by molar-refractivity contribution is -0.131. The van der Waals surface area contributed by atoms with Crippen molar-refractivity contribution in [3.8, 4) is 0 Å². The minimum absolute atomic E-state index is 0.00547. The largest absolute Gasteiger partial charge is 0.338 e. The molecule has 2 N–H and O–H groups in total. The van der Waals surface area contributed by atoms with Gasteiger partial charge >= 0.3 is 6.03 Å². The highest BCUT2D eigenvalue weighted by molar-refractivity contribution is 7.10. The van der Waals surface area contributed by atoms with Gasteiger partial charge in [0, 0.05) is 30.6 Å². The molecule has 122 valence electrons. The number of hydrogen-bond donors (Lipinski definition) is 2. The van der Waals surface area contributed by atoms with Gasteiger partial charge in [0.25, 0.3) is 0 Å². The van der Waals surface area contributed by atoms with Crippen LogP contribution in [0, 0.1) is 0 Å². The molecule has 2 aromatic rings. The van der Waals surface area contributed by atoms with Gasteiger partial charge in [0.05, 0.1) is 6.04 Å². The molecule has 1 atom stereocenters. The average Bonchev–Trinajstić information content (AvgIpc) is 3.08. The summed E-state index contributed by atoms with van der Waals surface area (Å²) in [6.07, 6.45) is 0.272. The third-order valence-electron chi connectivity index (χ3n) is 3.59. The maximum absolute atomic E-state index is 12.2. The second-order valence-corrected chi connectivity index (χ2v) is 6.17. The molecule has 0 aliphatic heterocycles. The first-order chi connectivity index (χ1) is 11.1. The second kappa shape index (κ2) is 8.33. The molecule has 0 saturated heterocycles. The van der Waals surface area contributed by atoms with E-state index in [-0.39, 0.29) is 24.4 Å². The molecule has 0 bridgehead atoms. The summed E-state index contributed by atoms with van der Waals surface area (Å²) in [4.78, 5) is 26.8. The fourth-order valence-electron chi connectivity index (χ4n) is 2.09. The van der Waals surface area contributed by atoms with Crippen molar-refractivity contribution in [2.45, 2.75) is 19.4 Å². The van der Waals surface area contributed by atoms with E-state index in [9.17, 15) is 9.59 Å². The van der Waals surface area contributed by atoms with Gasteiger partial charge in [0.2, 0.25) is 5.91 Å². The van der Waals surface area contributed by atoms with Crippen molar-refractivity contribution in [2.75, 3.05) is 18.9 Å². The number of hydrogen-bond acceptors (Lipinski definition) is 3. The van der Waals surface area contributed by atoms with Gasteiger partial charge in [-0.25, -0.2) is 4.79 Å². The van der Waals surface area contributed by atoms with Crippen LogP contribution in [0.15, 0.2) is 47.8 Å². The van der Waals surface area contributed by atoms with E-state index in [4.69, 9.17) is 0 Å². The Bertz CT molecular complexity index is 629. The Labute approximate surface area is 140 Å². The number of carbonyl (C=O) groups is 2. The summed E-state index contributed by atoms with van der Waals surface area (Å²) < 4.78 is 0. The first kappa shape index (κ1) is 17.0. The number of amides is 3. The highest BCUT2D eigenvalue weighted by Gasteiger charge is 2.17. The number of urea groups is 1. The quantitative estimate of drug-likeness (QED) is 0.851. The Kier molecular flexibility index (Phi) is 6.17. The van der Waals surface area contributed by atoms with Gasteiger partial charge in [-0.2, -0.15) is 0 Å². The predicted octanol–water partition coefficient (Wildman–Crippen LogP) is 3.48. The van der Waals surface area contributed by atoms with E-state index in [0.29, 0.717) is 6.54 Å². The third kappa shape index (κ3) is 5.10. The fraction of sp³-hybridized carbons (Fsp3) is 0.294. The fourth-order valence-corrected chi connectivity index (χ4v) is 2.92. The van der Waals surface area contributed by atoms with E-state index in [1.54, 1.807) is 35.4 Å². The van der Waals surface area contributed by atoms with E-state index >= 15 is 0 Å². The Hall–Kier alpha value is -2.34. The highest BCUT2D eigenvalue weighted by Crippen LogP contribution is 2.23. The Morgan fingerprint density at radius 1 is 1.17 bits per heavy atom. The van der Waals surface area contributed by atoms with Crippen LogP contribution in [0.5, 0.6) is 0 Å². The van der Waals surface area contributed by atoms with Gasteiger partial charge in [0.15, 0.2) is 0 Å². The summed E-state index contributed by atoms with van der Waals surface area (Å²) in [5.74, 6) is 0.00547. The van der Waals surface area contributed by atoms with Crippen molar-refractivity contribution in [3.63, 3.8) is 0 Å². The van der Waals surface area contributed by atoms with Crippen LogP contribution in [0.25, 0.3) is 0 Å². The molecule has 0 aliphatic rings. The van der Waals surface area contributed by atoms with Crippen LogP contribution >= 0.6 is 11.3 Å². The summed E-state index contributed by atoms with van der Waals surface area (Å²) in [6, 6.07) is 12.9. The lowest BCUT2D eigenvalue weighted by atomic mass is 10.2. The number of anilines is 1. The van der Waals surface area contributed by atoms with Crippen LogP contribution < -0.4 is 10.6 Å². The molecule has 6 heteroatoms. The molecule has 1 aromatic carbocycles. The molecule has 0 spiro atoms. The zero-order valence-corrected chi connectivity index (χ0v) is 14.1. The summed E-state index contributed by atoms with van der Waals surface area (Å²) in [7, 11) is 1.79. The Morgan fingerprint density at radius 3 is 2.57 bits per heavy atom. The molecule has 2 rings (SSSR count). The average molecular weight is 331 g/mol. The molecule has 0 aliphatic carbocycles. The zero-order chi connectivity index (χ0) is 16.7. The van der Waals surface area contributed by atoms with Crippen LogP contribution in [0.2, 0.25) is 0 Å². The van der Waals surface area contributed by atoms with Gasteiger partial charge in [-0.3, -0.25) is 4.79 Å². The van der Waals surface area contributed by atoms with Crippen LogP contribution in [0.1, 0.15) is 24.3 Å². The smallest absolute Gasteiger partial charge is 0.319 e. The zero-order valence-electron chi connectivity index (χ0n) is 13.3. The molecule has 0 radical (unpaired) electrons. The van der Waals surface area contributed by atoms with Crippen molar-refractivity contribution in [1.82, 2.24) is 10.2 Å². The summed E-state index contributed by atoms with van der Waals surface area (Å²) >= 11 is 1.63. The molecule has 0 saturated carbocycles. The number of carbonyl (C=O) groups excluding carboxylic acids is 2. The number of rotatable bonds is 6. The van der Waals surface area contributed by atoms with Crippen LogP contribution in [-0.2, 0) is 4.79 Å².